The lowest BCUT2D eigenvalue weighted by molar-refractivity contribution is 0.595. The second kappa shape index (κ2) is 6.33. The number of aromatic nitrogens is 2. The summed E-state index contributed by atoms with van der Waals surface area (Å²) in [5.41, 5.74) is 2.30. The summed E-state index contributed by atoms with van der Waals surface area (Å²) in [7, 11) is 0. The highest BCUT2D eigenvalue weighted by Gasteiger charge is 2.31. The Labute approximate surface area is 116 Å². The predicted molar refractivity (Wildman–Crippen MR) is 79.4 cm³/mol. The first kappa shape index (κ1) is 14.3. The number of aryl methyl sites for hydroxylation is 1. The van der Waals surface area contributed by atoms with Crippen molar-refractivity contribution < 1.29 is 0 Å². The Bertz CT molecular complexity index is 413. The molecular weight excluding hydrogens is 236 g/mol. The zero-order valence-corrected chi connectivity index (χ0v) is 12.6. The fraction of sp³-hybridized carbons (Fsp3) is 0.733. The van der Waals surface area contributed by atoms with Crippen molar-refractivity contribution in [3.63, 3.8) is 0 Å². The highest BCUT2D eigenvalue weighted by Crippen LogP contribution is 2.30. The SMILES string of the molecule is CCNCc1cnc(N(CC(C)C)C2CC2)nc1C. The van der Waals surface area contributed by atoms with Crippen molar-refractivity contribution in [1.82, 2.24) is 15.3 Å². The number of anilines is 1. The summed E-state index contributed by atoms with van der Waals surface area (Å²) in [6, 6.07) is 0.668. The number of nitrogens with one attached hydrogen (secondary N) is 1. The highest BCUT2D eigenvalue weighted by molar-refractivity contribution is 5.36. The van der Waals surface area contributed by atoms with E-state index in [0.717, 1.165) is 31.3 Å². The van der Waals surface area contributed by atoms with E-state index in [1.807, 2.05) is 6.20 Å². The van der Waals surface area contributed by atoms with Crippen LogP contribution in [0, 0.1) is 12.8 Å². The molecule has 1 heterocycles. The molecule has 2 rings (SSSR count). The number of nitrogens with zero attached hydrogens (tertiary/aromatic N) is 3. The van der Waals surface area contributed by atoms with Gasteiger partial charge < -0.3 is 10.2 Å². The van der Waals surface area contributed by atoms with E-state index in [-0.39, 0.29) is 0 Å². The summed E-state index contributed by atoms with van der Waals surface area (Å²) < 4.78 is 0. The molecule has 0 radical (unpaired) electrons. The van der Waals surface area contributed by atoms with Crippen LogP contribution in [0.15, 0.2) is 6.20 Å². The van der Waals surface area contributed by atoms with Crippen LogP contribution < -0.4 is 10.2 Å². The van der Waals surface area contributed by atoms with E-state index in [9.17, 15) is 0 Å². The first-order valence-corrected chi connectivity index (χ1v) is 7.41. The molecule has 0 spiro atoms. The smallest absolute Gasteiger partial charge is 0.225 e. The Morgan fingerprint density at radius 1 is 1.42 bits per heavy atom. The van der Waals surface area contributed by atoms with Crippen LogP contribution in [0.2, 0.25) is 0 Å². The van der Waals surface area contributed by atoms with Gasteiger partial charge in [0.15, 0.2) is 0 Å². The molecular formula is C15H26N4. The molecule has 1 saturated carbocycles. The van der Waals surface area contributed by atoms with E-state index in [0.29, 0.717) is 12.0 Å². The summed E-state index contributed by atoms with van der Waals surface area (Å²) in [5.74, 6) is 1.56. The zero-order valence-electron chi connectivity index (χ0n) is 12.6. The molecule has 1 aliphatic rings. The van der Waals surface area contributed by atoms with E-state index < -0.39 is 0 Å². The van der Waals surface area contributed by atoms with Gasteiger partial charge in [0.1, 0.15) is 0 Å². The topological polar surface area (TPSA) is 41.1 Å². The lowest BCUT2D eigenvalue weighted by Gasteiger charge is -2.24. The molecule has 0 aromatic carbocycles. The standard InChI is InChI=1S/C15H26N4/c1-5-16-8-13-9-17-15(18-12(13)4)19(10-11(2)3)14-6-7-14/h9,11,14,16H,5-8,10H2,1-4H3. The molecule has 0 bridgehead atoms. The second-order valence-corrected chi connectivity index (χ2v) is 5.84. The van der Waals surface area contributed by atoms with Gasteiger partial charge in [-0.1, -0.05) is 20.8 Å². The minimum atomic E-state index is 0.644. The summed E-state index contributed by atoms with van der Waals surface area (Å²) in [4.78, 5) is 11.7. The molecule has 4 heteroatoms. The monoisotopic (exact) mass is 262 g/mol. The first-order chi connectivity index (χ1) is 9.11. The molecule has 1 aliphatic carbocycles. The average Bonchev–Trinajstić information content (AvgIpc) is 3.18. The Morgan fingerprint density at radius 3 is 2.68 bits per heavy atom. The van der Waals surface area contributed by atoms with E-state index in [1.54, 1.807) is 0 Å². The highest BCUT2D eigenvalue weighted by atomic mass is 15.3. The van der Waals surface area contributed by atoms with Crippen molar-refractivity contribution in [2.45, 2.75) is 53.1 Å². The molecule has 0 saturated heterocycles. The second-order valence-electron chi connectivity index (χ2n) is 5.84. The van der Waals surface area contributed by atoms with Gasteiger partial charge in [0.2, 0.25) is 5.95 Å². The van der Waals surface area contributed by atoms with Crippen LogP contribution in [-0.4, -0.2) is 29.1 Å². The van der Waals surface area contributed by atoms with E-state index >= 15 is 0 Å². The summed E-state index contributed by atoms with van der Waals surface area (Å²) in [6.45, 7) is 11.6. The Hall–Kier alpha value is -1.16. The van der Waals surface area contributed by atoms with Crippen LogP contribution in [0.1, 0.15) is 44.9 Å². The fourth-order valence-corrected chi connectivity index (χ4v) is 2.22. The van der Waals surface area contributed by atoms with Crippen LogP contribution in [0.3, 0.4) is 0 Å². The minimum absolute atomic E-state index is 0.644. The molecule has 1 N–H and O–H groups in total. The average molecular weight is 262 g/mol. The van der Waals surface area contributed by atoms with Gasteiger partial charge in [-0.3, -0.25) is 0 Å². The Kier molecular flexibility index (Phi) is 4.75. The van der Waals surface area contributed by atoms with Gasteiger partial charge in [0, 0.05) is 36.6 Å². The number of hydrogen-bond acceptors (Lipinski definition) is 4. The van der Waals surface area contributed by atoms with Crippen molar-refractivity contribution in [2.24, 2.45) is 5.92 Å². The lowest BCUT2D eigenvalue weighted by Crippen LogP contribution is -2.31. The molecule has 4 nitrogen and oxygen atoms in total. The summed E-state index contributed by atoms with van der Waals surface area (Å²) >= 11 is 0. The van der Waals surface area contributed by atoms with E-state index in [2.05, 4.69) is 42.9 Å². The van der Waals surface area contributed by atoms with Gasteiger partial charge in [-0.25, -0.2) is 9.97 Å². The van der Waals surface area contributed by atoms with Crippen molar-refractivity contribution >= 4 is 5.95 Å². The van der Waals surface area contributed by atoms with Crippen LogP contribution >= 0.6 is 0 Å². The maximum Gasteiger partial charge on any atom is 0.225 e. The van der Waals surface area contributed by atoms with Crippen LogP contribution in [-0.2, 0) is 6.54 Å². The van der Waals surface area contributed by atoms with Gasteiger partial charge >= 0.3 is 0 Å². The van der Waals surface area contributed by atoms with Gasteiger partial charge in [-0.2, -0.15) is 0 Å². The van der Waals surface area contributed by atoms with Gasteiger partial charge in [0.25, 0.3) is 0 Å². The maximum absolute atomic E-state index is 4.72. The Morgan fingerprint density at radius 2 is 2.16 bits per heavy atom. The molecule has 0 unspecified atom stereocenters. The quantitative estimate of drug-likeness (QED) is 0.820. The minimum Gasteiger partial charge on any atom is -0.338 e. The molecule has 106 valence electrons. The third-order valence-corrected chi connectivity index (χ3v) is 3.44. The molecule has 1 aromatic heterocycles. The largest absolute Gasteiger partial charge is 0.338 e. The third-order valence-electron chi connectivity index (χ3n) is 3.44. The van der Waals surface area contributed by atoms with Crippen LogP contribution in [0.5, 0.6) is 0 Å². The molecule has 0 aliphatic heterocycles. The first-order valence-electron chi connectivity index (χ1n) is 7.41. The van der Waals surface area contributed by atoms with Crippen molar-refractivity contribution in [2.75, 3.05) is 18.0 Å². The maximum atomic E-state index is 4.72. The van der Waals surface area contributed by atoms with Crippen molar-refractivity contribution in [3.05, 3.63) is 17.5 Å². The number of hydrogen-bond donors (Lipinski definition) is 1. The van der Waals surface area contributed by atoms with Gasteiger partial charge in [-0.15, -0.1) is 0 Å². The van der Waals surface area contributed by atoms with Gasteiger partial charge in [0.05, 0.1) is 0 Å². The Balaban J connectivity index is 2.12. The third kappa shape index (κ3) is 3.90. The predicted octanol–water partition coefficient (Wildman–Crippen LogP) is 2.52. The summed E-state index contributed by atoms with van der Waals surface area (Å²) in [5, 5.41) is 3.33. The molecule has 0 amide bonds. The van der Waals surface area contributed by atoms with E-state index in [1.165, 1.54) is 18.4 Å². The normalized spacial score (nSPS) is 15.0. The molecule has 1 fully saturated rings. The van der Waals surface area contributed by atoms with Crippen molar-refractivity contribution in [1.29, 1.82) is 0 Å². The summed E-state index contributed by atoms with van der Waals surface area (Å²) in [6.07, 6.45) is 4.55. The van der Waals surface area contributed by atoms with Crippen LogP contribution in [0.25, 0.3) is 0 Å². The molecule has 19 heavy (non-hydrogen) atoms. The number of rotatable bonds is 7. The van der Waals surface area contributed by atoms with Crippen molar-refractivity contribution in [3.8, 4) is 0 Å². The molecule has 0 atom stereocenters. The molecule has 1 aromatic rings. The van der Waals surface area contributed by atoms with Crippen LogP contribution in [0.4, 0.5) is 5.95 Å². The van der Waals surface area contributed by atoms with Gasteiger partial charge in [-0.05, 0) is 32.2 Å². The fourth-order valence-electron chi connectivity index (χ4n) is 2.22. The zero-order chi connectivity index (χ0) is 13.8. The van der Waals surface area contributed by atoms with E-state index in [4.69, 9.17) is 4.98 Å². The lowest BCUT2D eigenvalue weighted by atomic mass is 10.2.